The van der Waals surface area contributed by atoms with E-state index in [1.165, 1.54) is 50.3 Å². The van der Waals surface area contributed by atoms with Crippen LogP contribution in [0.3, 0.4) is 0 Å². The fraction of sp³-hybridized carbons (Fsp3) is 0.417. The van der Waals surface area contributed by atoms with E-state index in [1.54, 1.807) is 0 Å². The van der Waals surface area contributed by atoms with E-state index in [4.69, 9.17) is 0 Å². The number of unbranched alkanes of at least 4 members (excludes halogenated alkanes) is 3. The summed E-state index contributed by atoms with van der Waals surface area (Å²) in [6, 6.07) is 19.2. The van der Waals surface area contributed by atoms with Crippen molar-refractivity contribution in [1.82, 2.24) is 5.32 Å². The van der Waals surface area contributed by atoms with E-state index in [9.17, 15) is 9.59 Å². The highest BCUT2D eigenvalue weighted by atomic mass is 16.5. The molecule has 0 atom stereocenters. The van der Waals surface area contributed by atoms with Crippen molar-refractivity contribution in [3.63, 3.8) is 0 Å². The van der Waals surface area contributed by atoms with E-state index in [0.29, 0.717) is 12.8 Å². The SMILES string of the molecule is COC(=O)CNC(=O)CCc1ccc(CCCCCCc2ccccc2)cc1. The van der Waals surface area contributed by atoms with E-state index in [-0.39, 0.29) is 12.5 Å². The zero-order valence-corrected chi connectivity index (χ0v) is 16.8. The van der Waals surface area contributed by atoms with Gasteiger partial charge in [-0.15, -0.1) is 0 Å². The number of ether oxygens (including phenoxy) is 1. The van der Waals surface area contributed by atoms with Crippen LogP contribution in [0.1, 0.15) is 48.8 Å². The molecular weight excluding hydrogens is 350 g/mol. The van der Waals surface area contributed by atoms with Gasteiger partial charge < -0.3 is 10.1 Å². The van der Waals surface area contributed by atoms with Crippen LogP contribution in [-0.4, -0.2) is 25.5 Å². The molecule has 0 aliphatic heterocycles. The third-order valence-corrected chi connectivity index (χ3v) is 4.85. The highest BCUT2D eigenvalue weighted by molar-refractivity contribution is 5.81. The van der Waals surface area contributed by atoms with Gasteiger partial charge in [-0.05, 0) is 48.8 Å². The van der Waals surface area contributed by atoms with Crippen molar-refractivity contribution in [3.05, 3.63) is 71.3 Å². The average Bonchev–Trinajstić information content (AvgIpc) is 2.74. The summed E-state index contributed by atoms with van der Waals surface area (Å²) in [5.41, 5.74) is 3.92. The Balaban J connectivity index is 1.56. The first kappa shape index (κ1) is 21.7. The van der Waals surface area contributed by atoms with Gasteiger partial charge in [0.05, 0.1) is 7.11 Å². The molecule has 0 aliphatic rings. The molecule has 2 aromatic rings. The Hall–Kier alpha value is -2.62. The van der Waals surface area contributed by atoms with Crippen LogP contribution >= 0.6 is 0 Å². The largest absolute Gasteiger partial charge is 0.468 e. The molecule has 4 heteroatoms. The van der Waals surface area contributed by atoms with Gasteiger partial charge >= 0.3 is 5.97 Å². The topological polar surface area (TPSA) is 55.4 Å². The molecule has 0 aromatic heterocycles. The lowest BCUT2D eigenvalue weighted by Crippen LogP contribution is -2.30. The molecule has 0 saturated heterocycles. The van der Waals surface area contributed by atoms with Gasteiger partial charge in [-0.25, -0.2) is 0 Å². The fourth-order valence-electron chi connectivity index (χ4n) is 3.12. The number of carbonyl (C=O) groups is 2. The maximum absolute atomic E-state index is 11.7. The number of aryl methyl sites for hydroxylation is 3. The number of amides is 1. The summed E-state index contributed by atoms with van der Waals surface area (Å²) in [5.74, 6) is -0.567. The zero-order valence-electron chi connectivity index (χ0n) is 16.8. The Morgan fingerprint density at radius 2 is 1.29 bits per heavy atom. The first-order chi connectivity index (χ1) is 13.7. The van der Waals surface area contributed by atoms with Crippen molar-refractivity contribution >= 4 is 11.9 Å². The van der Waals surface area contributed by atoms with Crippen LogP contribution in [-0.2, 0) is 33.6 Å². The number of benzene rings is 2. The normalized spacial score (nSPS) is 10.5. The highest BCUT2D eigenvalue weighted by Gasteiger charge is 2.05. The Labute approximate surface area is 168 Å². The van der Waals surface area contributed by atoms with Crippen LogP contribution in [0.25, 0.3) is 0 Å². The van der Waals surface area contributed by atoms with Gasteiger partial charge in [0.1, 0.15) is 6.54 Å². The van der Waals surface area contributed by atoms with Crippen molar-refractivity contribution in [2.75, 3.05) is 13.7 Å². The van der Waals surface area contributed by atoms with Crippen LogP contribution in [0.2, 0.25) is 0 Å². The predicted molar refractivity (Wildman–Crippen MR) is 112 cm³/mol. The molecule has 0 saturated carbocycles. The average molecular weight is 382 g/mol. The number of hydrogen-bond acceptors (Lipinski definition) is 3. The Kier molecular flexibility index (Phi) is 9.84. The van der Waals surface area contributed by atoms with Crippen LogP contribution < -0.4 is 5.32 Å². The van der Waals surface area contributed by atoms with E-state index >= 15 is 0 Å². The summed E-state index contributed by atoms with van der Waals surface area (Å²) in [6.45, 7) is -0.0698. The van der Waals surface area contributed by atoms with Crippen molar-refractivity contribution in [1.29, 1.82) is 0 Å². The molecule has 0 aliphatic carbocycles. The van der Waals surface area contributed by atoms with Crippen molar-refractivity contribution in [2.45, 2.75) is 51.4 Å². The summed E-state index contributed by atoms with van der Waals surface area (Å²) >= 11 is 0. The third-order valence-electron chi connectivity index (χ3n) is 4.85. The maximum Gasteiger partial charge on any atom is 0.325 e. The maximum atomic E-state index is 11.7. The minimum absolute atomic E-state index is 0.0698. The van der Waals surface area contributed by atoms with Gasteiger partial charge in [0.25, 0.3) is 0 Å². The summed E-state index contributed by atoms with van der Waals surface area (Å²) in [7, 11) is 1.31. The molecule has 0 spiro atoms. The molecule has 1 N–H and O–H groups in total. The smallest absolute Gasteiger partial charge is 0.325 e. The lowest BCUT2D eigenvalue weighted by molar-refractivity contribution is -0.141. The molecule has 2 rings (SSSR count). The number of esters is 1. The quantitative estimate of drug-likeness (QED) is 0.442. The van der Waals surface area contributed by atoms with Crippen LogP contribution in [0, 0.1) is 0 Å². The highest BCUT2D eigenvalue weighted by Crippen LogP contribution is 2.12. The van der Waals surface area contributed by atoms with Crippen LogP contribution in [0.15, 0.2) is 54.6 Å². The summed E-state index contributed by atoms with van der Waals surface area (Å²) in [5, 5.41) is 2.56. The molecule has 0 bridgehead atoms. The van der Waals surface area contributed by atoms with E-state index < -0.39 is 5.97 Å². The van der Waals surface area contributed by atoms with Gasteiger partial charge in [-0.1, -0.05) is 67.4 Å². The van der Waals surface area contributed by atoms with E-state index in [0.717, 1.165) is 12.0 Å². The molecule has 2 aromatic carbocycles. The second-order valence-corrected chi connectivity index (χ2v) is 7.07. The van der Waals surface area contributed by atoms with E-state index in [1.807, 2.05) is 0 Å². The standard InChI is InChI=1S/C24H31NO3/c1-28-24(27)19-25-23(26)18-17-22-15-13-21(14-16-22)12-6-3-2-5-9-20-10-7-4-8-11-20/h4,7-8,10-11,13-16H,2-3,5-6,9,12,17-19H2,1H3,(H,25,26). The summed E-state index contributed by atoms with van der Waals surface area (Å²) in [6.07, 6.45) is 8.31. The third kappa shape index (κ3) is 8.85. The van der Waals surface area contributed by atoms with Gasteiger partial charge in [-0.3, -0.25) is 9.59 Å². The monoisotopic (exact) mass is 381 g/mol. The Bertz CT molecular complexity index is 710. The first-order valence-corrected chi connectivity index (χ1v) is 10.1. The molecule has 28 heavy (non-hydrogen) atoms. The molecular formula is C24H31NO3. The lowest BCUT2D eigenvalue weighted by Gasteiger charge is -2.06. The number of rotatable bonds is 12. The summed E-state index contributed by atoms with van der Waals surface area (Å²) < 4.78 is 4.50. The number of carbonyl (C=O) groups excluding carboxylic acids is 2. The second kappa shape index (κ2) is 12.7. The Morgan fingerprint density at radius 3 is 1.86 bits per heavy atom. The molecule has 4 nitrogen and oxygen atoms in total. The molecule has 0 heterocycles. The molecule has 1 amide bonds. The van der Waals surface area contributed by atoms with Gasteiger partial charge in [-0.2, -0.15) is 0 Å². The number of methoxy groups -OCH3 is 1. The molecule has 150 valence electrons. The zero-order chi connectivity index (χ0) is 20.0. The van der Waals surface area contributed by atoms with Gasteiger partial charge in [0.15, 0.2) is 0 Å². The Morgan fingerprint density at radius 1 is 0.750 bits per heavy atom. The minimum Gasteiger partial charge on any atom is -0.468 e. The lowest BCUT2D eigenvalue weighted by atomic mass is 10.0. The first-order valence-electron chi connectivity index (χ1n) is 10.1. The number of nitrogens with one attached hydrogen (secondary N) is 1. The second-order valence-electron chi connectivity index (χ2n) is 7.07. The van der Waals surface area contributed by atoms with E-state index in [2.05, 4.69) is 64.7 Å². The van der Waals surface area contributed by atoms with Crippen molar-refractivity contribution in [2.24, 2.45) is 0 Å². The molecule has 0 fully saturated rings. The predicted octanol–water partition coefficient (Wildman–Crippen LogP) is 4.25. The minimum atomic E-state index is -0.433. The van der Waals surface area contributed by atoms with Gasteiger partial charge in [0, 0.05) is 6.42 Å². The summed E-state index contributed by atoms with van der Waals surface area (Å²) in [4.78, 5) is 22.7. The fourth-order valence-corrected chi connectivity index (χ4v) is 3.12. The van der Waals surface area contributed by atoms with Crippen molar-refractivity contribution in [3.8, 4) is 0 Å². The van der Waals surface area contributed by atoms with Crippen LogP contribution in [0.4, 0.5) is 0 Å². The van der Waals surface area contributed by atoms with Crippen LogP contribution in [0.5, 0.6) is 0 Å². The number of hydrogen-bond donors (Lipinski definition) is 1. The molecule has 0 unspecified atom stereocenters. The van der Waals surface area contributed by atoms with Crippen molar-refractivity contribution < 1.29 is 14.3 Å². The molecule has 0 radical (unpaired) electrons. The van der Waals surface area contributed by atoms with Gasteiger partial charge in [0.2, 0.25) is 5.91 Å².